The maximum absolute atomic E-state index is 12.0. The van der Waals surface area contributed by atoms with Crippen LogP contribution in [0.3, 0.4) is 0 Å². The molecule has 0 radical (unpaired) electrons. The van der Waals surface area contributed by atoms with Gasteiger partial charge in [-0.05, 0) is 28.7 Å². The van der Waals surface area contributed by atoms with Crippen molar-refractivity contribution in [1.29, 1.82) is 0 Å². The molecule has 7 heteroatoms. The van der Waals surface area contributed by atoms with E-state index in [9.17, 15) is 13.2 Å². The van der Waals surface area contributed by atoms with E-state index >= 15 is 0 Å². The molecule has 3 nitrogen and oxygen atoms in total. The number of rotatable bonds is 2. The third-order valence-electron chi connectivity index (χ3n) is 1.37. The first-order valence-electron chi connectivity index (χ1n) is 3.41. The molecular formula is C6H7F3IN3. The monoisotopic (exact) mass is 305 g/mol. The van der Waals surface area contributed by atoms with Crippen molar-refractivity contribution in [2.75, 3.05) is 0 Å². The van der Waals surface area contributed by atoms with Gasteiger partial charge in [-0.25, -0.2) is 0 Å². The van der Waals surface area contributed by atoms with Crippen molar-refractivity contribution in [3.05, 3.63) is 15.5 Å². The Bertz CT molecular complexity index is 294. The lowest BCUT2D eigenvalue weighted by Gasteiger charge is -2.08. The minimum absolute atomic E-state index is 0.0616. The van der Waals surface area contributed by atoms with Gasteiger partial charge >= 0.3 is 6.18 Å². The van der Waals surface area contributed by atoms with E-state index in [1.807, 2.05) is 22.6 Å². The van der Waals surface area contributed by atoms with Crippen LogP contribution in [0.2, 0.25) is 0 Å². The molecular weight excluding hydrogens is 298 g/mol. The molecule has 2 N–H and O–H groups in total. The second-order valence-corrected chi connectivity index (χ2v) is 3.54. The molecule has 0 fully saturated rings. The normalized spacial score (nSPS) is 12.1. The topological polar surface area (TPSA) is 43.8 Å². The number of alkyl halides is 3. The number of halogens is 4. The van der Waals surface area contributed by atoms with Crippen LogP contribution in [0.1, 0.15) is 5.69 Å². The van der Waals surface area contributed by atoms with Crippen molar-refractivity contribution < 1.29 is 13.2 Å². The maximum atomic E-state index is 12.0. The van der Waals surface area contributed by atoms with Gasteiger partial charge in [0, 0.05) is 6.54 Å². The van der Waals surface area contributed by atoms with Crippen LogP contribution in [0, 0.1) is 3.70 Å². The highest BCUT2D eigenvalue weighted by Gasteiger charge is 2.29. The lowest BCUT2D eigenvalue weighted by atomic mass is 10.4. The first kappa shape index (κ1) is 10.8. The Balaban J connectivity index is 2.87. The SMILES string of the molecule is NCc1cc(I)nn1CC(F)(F)F. The minimum Gasteiger partial charge on any atom is -0.325 e. The number of hydrogen-bond acceptors (Lipinski definition) is 2. The van der Waals surface area contributed by atoms with Crippen LogP contribution in [-0.2, 0) is 13.1 Å². The van der Waals surface area contributed by atoms with E-state index in [1.165, 1.54) is 6.07 Å². The Labute approximate surface area is 86.2 Å². The van der Waals surface area contributed by atoms with Crippen LogP contribution in [0.4, 0.5) is 13.2 Å². The predicted octanol–water partition coefficient (Wildman–Crippen LogP) is 1.51. The van der Waals surface area contributed by atoms with E-state index in [0.29, 0.717) is 9.39 Å². The van der Waals surface area contributed by atoms with Gasteiger partial charge in [-0.2, -0.15) is 18.3 Å². The van der Waals surface area contributed by atoms with Crippen molar-refractivity contribution in [1.82, 2.24) is 9.78 Å². The van der Waals surface area contributed by atoms with E-state index < -0.39 is 12.7 Å². The fraction of sp³-hybridized carbons (Fsp3) is 0.500. The Morgan fingerprint density at radius 1 is 1.54 bits per heavy atom. The number of hydrogen-bond donors (Lipinski definition) is 1. The number of aromatic nitrogens is 2. The van der Waals surface area contributed by atoms with Gasteiger partial charge in [0.05, 0.1) is 5.69 Å². The van der Waals surface area contributed by atoms with Gasteiger partial charge in [-0.15, -0.1) is 0 Å². The smallest absolute Gasteiger partial charge is 0.325 e. The van der Waals surface area contributed by atoms with Gasteiger partial charge in [-0.3, -0.25) is 4.68 Å². The molecule has 0 saturated heterocycles. The summed E-state index contributed by atoms with van der Waals surface area (Å²) in [4.78, 5) is 0. The fourth-order valence-corrected chi connectivity index (χ4v) is 1.51. The second-order valence-electron chi connectivity index (χ2n) is 2.44. The molecule has 0 spiro atoms. The molecule has 1 aromatic rings. The van der Waals surface area contributed by atoms with Gasteiger partial charge in [0.1, 0.15) is 10.2 Å². The Morgan fingerprint density at radius 3 is 2.62 bits per heavy atom. The summed E-state index contributed by atoms with van der Waals surface area (Å²) in [6.07, 6.45) is -4.25. The highest BCUT2D eigenvalue weighted by molar-refractivity contribution is 14.1. The molecule has 1 heterocycles. The van der Waals surface area contributed by atoms with E-state index in [1.54, 1.807) is 0 Å². The molecule has 0 aliphatic heterocycles. The summed E-state index contributed by atoms with van der Waals surface area (Å²) in [7, 11) is 0. The molecule has 0 saturated carbocycles. The van der Waals surface area contributed by atoms with E-state index in [-0.39, 0.29) is 6.54 Å². The first-order chi connectivity index (χ1) is 5.92. The predicted molar refractivity (Wildman–Crippen MR) is 48.9 cm³/mol. The zero-order chi connectivity index (χ0) is 10.1. The van der Waals surface area contributed by atoms with Crippen LogP contribution >= 0.6 is 22.6 Å². The van der Waals surface area contributed by atoms with Gasteiger partial charge in [0.15, 0.2) is 0 Å². The van der Waals surface area contributed by atoms with Crippen molar-refractivity contribution in [3.8, 4) is 0 Å². The summed E-state index contributed by atoms with van der Waals surface area (Å²) in [6, 6.07) is 1.53. The average molecular weight is 305 g/mol. The molecule has 1 aromatic heterocycles. The van der Waals surface area contributed by atoms with E-state index in [0.717, 1.165) is 4.68 Å². The summed E-state index contributed by atoms with van der Waals surface area (Å²) in [5.74, 6) is 0. The molecule has 0 aliphatic carbocycles. The number of nitrogens with two attached hydrogens (primary N) is 1. The van der Waals surface area contributed by atoms with Crippen LogP contribution < -0.4 is 5.73 Å². The highest BCUT2D eigenvalue weighted by Crippen LogP contribution is 2.18. The Morgan fingerprint density at radius 2 is 2.15 bits per heavy atom. The van der Waals surface area contributed by atoms with E-state index in [2.05, 4.69) is 5.10 Å². The lowest BCUT2D eigenvalue weighted by molar-refractivity contribution is -0.143. The molecule has 0 bridgehead atoms. The van der Waals surface area contributed by atoms with Crippen LogP contribution in [-0.4, -0.2) is 16.0 Å². The average Bonchev–Trinajstić information content (AvgIpc) is 2.27. The molecule has 0 amide bonds. The van der Waals surface area contributed by atoms with E-state index in [4.69, 9.17) is 5.73 Å². The van der Waals surface area contributed by atoms with Gasteiger partial charge in [0.2, 0.25) is 0 Å². The van der Waals surface area contributed by atoms with Gasteiger partial charge in [-0.1, -0.05) is 0 Å². The Hall–Kier alpha value is -0.310. The first-order valence-corrected chi connectivity index (χ1v) is 4.49. The van der Waals surface area contributed by atoms with Crippen molar-refractivity contribution in [2.45, 2.75) is 19.3 Å². The third kappa shape index (κ3) is 3.14. The highest BCUT2D eigenvalue weighted by atomic mass is 127. The fourth-order valence-electron chi connectivity index (χ4n) is 0.891. The number of nitrogens with zero attached hydrogens (tertiary/aromatic N) is 2. The maximum Gasteiger partial charge on any atom is 0.408 e. The van der Waals surface area contributed by atoms with Crippen molar-refractivity contribution in [2.24, 2.45) is 5.73 Å². The zero-order valence-corrected chi connectivity index (χ0v) is 8.63. The molecule has 0 aliphatic rings. The minimum atomic E-state index is -4.25. The zero-order valence-electron chi connectivity index (χ0n) is 6.48. The lowest BCUT2D eigenvalue weighted by Crippen LogP contribution is -2.21. The quantitative estimate of drug-likeness (QED) is 0.842. The van der Waals surface area contributed by atoms with Crippen LogP contribution in [0.15, 0.2) is 6.07 Å². The summed E-state index contributed by atoms with van der Waals surface area (Å²) >= 11 is 1.85. The molecule has 0 aromatic carbocycles. The molecule has 0 atom stereocenters. The standard InChI is InChI=1S/C6H7F3IN3/c7-6(8,9)3-13-4(2-11)1-5(10)12-13/h1H,2-3,11H2. The van der Waals surface area contributed by atoms with Gasteiger partial charge < -0.3 is 5.73 Å². The Kier molecular flexibility index (Phi) is 3.17. The van der Waals surface area contributed by atoms with Crippen LogP contribution in [0.25, 0.3) is 0 Å². The third-order valence-corrected chi connectivity index (χ3v) is 1.90. The summed E-state index contributed by atoms with van der Waals surface area (Å²) in [6.45, 7) is -1.02. The van der Waals surface area contributed by atoms with Crippen LogP contribution in [0.5, 0.6) is 0 Å². The largest absolute Gasteiger partial charge is 0.408 e. The summed E-state index contributed by atoms with van der Waals surface area (Å²) in [5.41, 5.74) is 5.64. The summed E-state index contributed by atoms with van der Waals surface area (Å²) < 4.78 is 37.3. The molecule has 0 unspecified atom stereocenters. The van der Waals surface area contributed by atoms with Crippen molar-refractivity contribution in [3.63, 3.8) is 0 Å². The van der Waals surface area contributed by atoms with Gasteiger partial charge in [0.25, 0.3) is 0 Å². The second kappa shape index (κ2) is 3.82. The molecule has 13 heavy (non-hydrogen) atoms. The summed E-state index contributed by atoms with van der Waals surface area (Å²) in [5, 5.41) is 3.67. The molecule has 74 valence electrons. The van der Waals surface area contributed by atoms with Crippen molar-refractivity contribution >= 4 is 22.6 Å². The molecule has 1 rings (SSSR count).